The van der Waals surface area contributed by atoms with Crippen LogP contribution < -0.4 is 5.32 Å². The lowest BCUT2D eigenvalue weighted by atomic mass is 10.1. The smallest absolute Gasteiger partial charge is 0.407 e. The summed E-state index contributed by atoms with van der Waals surface area (Å²) < 4.78 is 0. The first-order valence-electron chi connectivity index (χ1n) is 9.11. The van der Waals surface area contributed by atoms with E-state index in [1.54, 1.807) is 12.1 Å². The van der Waals surface area contributed by atoms with Crippen molar-refractivity contribution >= 4 is 35.1 Å². The molecular weight excluding hydrogens is 403 g/mol. The summed E-state index contributed by atoms with van der Waals surface area (Å²) in [7, 11) is 0. The molecule has 0 spiro atoms. The molecular formula is C19H22Cl2N4O3. The van der Waals surface area contributed by atoms with E-state index in [-0.39, 0.29) is 13.1 Å². The van der Waals surface area contributed by atoms with Crippen LogP contribution in [0.25, 0.3) is 11.3 Å². The molecule has 1 aliphatic heterocycles. The average molecular weight is 425 g/mol. The van der Waals surface area contributed by atoms with Crippen molar-refractivity contribution in [3.8, 4) is 11.3 Å². The van der Waals surface area contributed by atoms with E-state index in [1.165, 1.54) is 4.90 Å². The minimum absolute atomic E-state index is 0.0704. The van der Waals surface area contributed by atoms with Crippen molar-refractivity contribution in [2.45, 2.75) is 38.8 Å². The molecule has 0 aliphatic carbocycles. The molecule has 1 fully saturated rings. The Kier molecular flexibility index (Phi) is 6.27. The third kappa shape index (κ3) is 4.16. The van der Waals surface area contributed by atoms with E-state index in [2.05, 4.69) is 5.32 Å². The van der Waals surface area contributed by atoms with Crippen molar-refractivity contribution in [2.24, 2.45) is 0 Å². The number of nitrogens with one attached hydrogen (secondary N) is 1. The van der Waals surface area contributed by atoms with E-state index < -0.39 is 18.2 Å². The highest BCUT2D eigenvalue weighted by Gasteiger charge is 2.34. The number of nitrogens with zero attached hydrogens (tertiary/aromatic N) is 3. The fourth-order valence-electron chi connectivity index (χ4n) is 3.27. The van der Waals surface area contributed by atoms with Crippen LogP contribution in [0, 0.1) is 0 Å². The molecule has 2 atom stereocenters. The molecule has 1 saturated heterocycles. The van der Waals surface area contributed by atoms with E-state index in [0.29, 0.717) is 34.4 Å². The van der Waals surface area contributed by atoms with Gasteiger partial charge in [0.1, 0.15) is 5.82 Å². The molecule has 0 radical (unpaired) electrons. The number of likely N-dealkylation sites (tertiary alicyclic amines) is 1. The zero-order chi connectivity index (χ0) is 20.4. The number of rotatable bonds is 5. The third-order valence-corrected chi connectivity index (χ3v) is 5.33. The van der Waals surface area contributed by atoms with Gasteiger partial charge in [0, 0.05) is 17.1 Å². The number of hydrogen-bond donors (Lipinski definition) is 3. The summed E-state index contributed by atoms with van der Waals surface area (Å²) >= 11 is 12.4. The number of carboxylic acid groups (broad SMARTS) is 1. The minimum atomic E-state index is -1.05. The van der Waals surface area contributed by atoms with Crippen LogP contribution in [-0.4, -0.2) is 56.4 Å². The van der Waals surface area contributed by atoms with Crippen LogP contribution in [0.3, 0.4) is 0 Å². The van der Waals surface area contributed by atoms with Gasteiger partial charge in [-0.25, -0.2) is 14.8 Å². The van der Waals surface area contributed by atoms with E-state index >= 15 is 0 Å². The molecule has 3 rings (SSSR count). The van der Waals surface area contributed by atoms with E-state index in [9.17, 15) is 9.90 Å². The maximum Gasteiger partial charge on any atom is 0.407 e. The second-order valence-electron chi connectivity index (χ2n) is 6.65. The summed E-state index contributed by atoms with van der Waals surface area (Å²) in [6, 6.07) is 4.82. The number of aliphatic hydroxyl groups is 1. The highest BCUT2D eigenvalue weighted by Crippen LogP contribution is 2.32. The molecule has 9 heteroatoms. The van der Waals surface area contributed by atoms with Crippen molar-refractivity contribution in [2.75, 3.05) is 18.4 Å². The van der Waals surface area contributed by atoms with Gasteiger partial charge < -0.3 is 20.4 Å². The molecule has 2 heterocycles. The monoisotopic (exact) mass is 424 g/mol. The second kappa shape index (κ2) is 8.51. The van der Waals surface area contributed by atoms with E-state index in [4.69, 9.17) is 38.3 Å². The van der Waals surface area contributed by atoms with Gasteiger partial charge in [0.25, 0.3) is 0 Å². The number of carbonyl (C=O) groups is 1. The standard InChI is InChI=1S/C19H22Cl2N4O3/c1-3-13-17(11-6-5-10(20)7-12(11)21)22-14(4-2)18(23-13)24-15-8-25(19(27)28)9-16(15)26/h5-7,15-16,26H,3-4,8-9H2,1-2H3,(H,23,24)(H,27,28)/t15-,16+/m1/s1. The zero-order valence-electron chi connectivity index (χ0n) is 15.6. The van der Waals surface area contributed by atoms with E-state index in [0.717, 1.165) is 17.0 Å². The van der Waals surface area contributed by atoms with Crippen LogP contribution in [0.15, 0.2) is 18.2 Å². The maximum atomic E-state index is 11.2. The largest absolute Gasteiger partial charge is 0.465 e. The van der Waals surface area contributed by atoms with Crippen LogP contribution in [0.5, 0.6) is 0 Å². The molecule has 0 bridgehead atoms. The van der Waals surface area contributed by atoms with Gasteiger partial charge in [0.05, 0.1) is 40.8 Å². The van der Waals surface area contributed by atoms with Crippen LogP contribution >= 0.6 is 23.2 Å². The number of halogens is 2. The Labute approximate surface area is 173 Å². The van der Waals surface area contributed by atoms with E-state index in [1.807, 2.05) is 19.9 Å². The Bertz CT molecular complexity index is 894. The topological polar surface area (TPSA) is 98.6 Å². The van der Waals surface area contributed by atoms with Gasteiger partial charge in [-0.1, -0.05) is 37.0 Å². The van der Waals surface area contributed by atoms with Crippen molar-refractivity contribution in [3.05, 3.63) is 39.6 Å². The molecule has 3 N–H and O–H groups in total. The Balaban J connectivity index is 1.96. The lowest BCUT2D eigenvalue weighted by Crippen LogP contribution is -2.33. The minimum Gasteiger partial charge on any atom is -0.465 e. The molecule has 0 saturated carbocycles. The number of aliphatic hydroxyl groups excluding tert-OH is 1. The van der Waals surface area contributed by atoms with Crippen molar-refractivity contribution in [1.82, 2.24) is 14.9 Å². The summed E-state index contributed by atoms with van der Waals surface area (Å²) in [6.07, 6.45) is -0.609. The number of aromatic nitrogens is 2. The fraction of sp³-hybridized carbons (Fsp3) is 0.421. The molecule has 1 aliphatic rings. The lowest BCUT2D eigenvalue weighted by Gasteiger charge is -2.20. The van der Waals surface area contributed by atoms with Gasteiger partial charge in [-0.3, -0.25) is 0 Å². The summed E-state index contributed by atoms with van der Waals surface area (Å²) in [5.74, 6) is 0.560. The number of hydrogen-bond acceptors (Lipinski definition) is 5. The first-order valence-corrected chi connectivity index (χ1v) is 9.87. The van der Waals surface area contributed by atoms with Crippen molar-refractivity contribution in [3.63, 3.8) is 0 Å². The molecule has 0 unspecified atom stereocenters. The molecule has 150 valence electrons. The number of β-amino-alcohol motifs (C(OH)–C–C–N with tert-alkyl or cyclic N) is 1. The molecule has 1 amide bonds. The first-order chi connectivity index (χ1) is 13.3. The summed E-state index contributed by atoms with van der Waals surface area (Å²) in [5, 5.41) is 23.6. The molecule has 28 heavy (non-hydrogen) atoms. The van der Waals surface area contributed by atoms with Gasteiger partial charge in [-0.15, -0.1) is 0 Å². The molecule has 2 aromatic rings. The van der Waals surface area contributed by atoms with Gasteiger partial charge in [0.2, 0.25) is 0 Å². The Morgan fingerprint density at radius 3 is 2.50 bits per heavy atom. The lowest BCUT2D eigenvalue weighted by molar-refractivity contribution is 0.139. The quantitative estimate of drug-likeness (QED) is 0.676. The van der Waals surface area contributed by atoms with Crippen LogP contribution in [0.4, 0.5) is 10.6 Å². The highest BCUT2D eigenvalue weighted by molar-refractivity contribution is 6.36. The predicted molar refractivity (Wildman–Crippen MR) is 109 cm³/mol. The van der Waals surface area contributed by atoms with Crippen molar-refractivity contribution < 1.29 is 15.0 Å². The van der Waals surface area contributed by atoms with Crippen LogP contribution in [-0.2, 0) is 12.8 Å². The predicted octanol–water partition coefficient (Wildman–Crippen LogP) is 3.71. The summed E-state index contributed by atoms with van der Waals surface area (Å²) in [5.41, 5.74) is 2.94. The van der Waals surface area contributed by atoms with Gasteiger partial charge in [-0.2, -0.15) is 0 Å². The van der Waals surface area contributed by atoms with Gasteiger partial charge >= 0.3 is 6.09 Å². The Hall–Kier alpha value is -2.09. The number of anilines is 1. The summed E-state index contributed by atoms with van der Waals surface area (Å²) in [6.45, 7) is 4.19. The SMILES string of the molecule is CCc1nc(-c2ccc(Cl)cc2Cl)c(CC)nc1N[C@@H]1CN(C(=O)O)C[C@@H]1O. The number of aryl methyl sites for hydroxylation is 2. The molecule has 7 nitrogen and oxygen atoms in total. The second-order valence-corrected chi connectivity index (χ2v) is 7.49. The first kappa shape index (κ1) is 20.6. The van der Waals surface area contributed by atoms with Crippen LogP contribution in [0.2, 0.25) is 10.0 Å². The molecule has 1 aromatic carbocycles. The summed E-state index contributed by atoms with van der Waals surface area (Å²) in [4.78, 5) is 21.9. The van der Waals surface area contributed by atoms with Gasteiger partial charge in [0.15, 0.2) is 0 Å². The molecule has 1 aromatic heterocycles. The Morgan fingerprint density at radius 2 is 1.93 bits per heavy atom. The van der Waals surface area contributed by atoms with Crippen LogP contribution in [0.1, 0.15) is 25.2 Å². The average Bonchev–Trinajstić information content (AvgIpc) is 3.02. The third-order valence-electron chi connectivity index (χ3n) is 4.78. The normalized spacial score (nSPS) is 19.1. The van der Waals surface area contributed by atoms with Gasteiger partial charge in [-0.05, 0) is 31.0 Å². The highest BCUT2D eigenvalue weighted by atomic mass is 35.5. The number of amides is 1. The Morgan fingerprint density at radius 1 is 1.21 bits per heavy atom. The van der Waals surface area contributed by atoms with Crippen molar-refractivity contribution in [1.29, 1.82) is 0 Å². The number of benzene rings is 1. The fourth-order valence-corrected chi connectivity index (χ4v) is 3.77. The zero-order valence-corrected chi connectivity index (χ0v) is 17.1. The maximum absolute atomic E-state index is 11.2.